The fourth-order valence-electron chi connectivity index (χ4n) is 1.47. The molecule has 0 aliphatic carbocycles. The van der Waals surface area contributed by atoms with Gasteiger partial charge in [0.15, 0.2) is 26.4 Å². The average molecular weight is 398 g/mol. The van der Waals surface area contributed by atoms with Crippen molar-refractivity contribution in [1.82, 2.24) is 10.3 Å². The lowest BCUT2D eigenvalue weighted by Crippen LogP contribution is -2.57. The molecule has 0 aromatic carbocycles. The van der Waals surface area contributed by atoms with Crippen molar-refractivity contribution in [3.63, 3.8) is 0 Å². The van der Waals surface area contributed by atoms with Gasteiger partial charge in [-0.3, -0.25) is 20.2 Å². The van der Waals surface area contributed by atoms with Crippen molar-refractivity contribution in [2.75, 3.05) is 37.3 Å². The molecule has 19 heteroatoms. The molecule has 0 aliphatic rings. The zero-order chi connectivity index (χ0) is 20.8. The molecule has 0 unspecified atom stereocenters. The van der Waals surface area contributed by atoms with E-state index in [1.54, 1.807) is 10.9 Å². The molecule has 1 rings (SSSR count). The smallest absolute Gasteiger partial charge is 0.382 e. The van der Waals surface area contributed by atoms with E-state index in [9.17, 15) is 30.0 Å². The van der Waals surface area contributed by atoms with Crippen molar-refractivity contribution < 1.29 is 44.6 Å². The molecule has 0 aliphatic heterocycles. The van der Waals surface area contributed by atoms with Crippen molar-refractivity contribution in [2.24, 2.45) is 0 Å². The van der Waals surface area contributed by atoms with Crippen molar-refractivity contribution in [3.8, 4) is 0 Å². The lowest BCUT2D eigenvalue weighted by atomic mass is 10.2. The fraction of sp³-hybridized carbons (Fsp3) is 0.750. The Labute approximate surface area is 146 Å². The van der Waals surface area contributed by atoms with E-state index in [-0.39, 0.29) is 0 Å². The van der Waals surface area contributed by atoms with Gasteiger partial charge in [-0.15, -0.1) is 0 Å². The molecular formula is C8H14N8O11+2. The lowest BCUT2D eigenvalue weighted by molar-refractivity contribution is -0.815. The summed E-state index contributed by atoms with van der Waals surface area (Å²) < 4.78 is 4.18. The van der Waals surface area contributed by atoms with Crippen molar-refractivity contribution in [2.45, 2.75) is 11.3 Å². The molecule has 27 heavy (non-hydrogen) atoms. The predicted octanol–water partition coefficient (Wildman–Crippen LogP) is -3.80. The average Bonchev–Trinajstić information content (AvgIpc) is 3.04. The van der Waals surface area contributed by atoms with Crippen LogP contribution in [0.2, 0.25) is 0 Å². The molecule has 0 bridgehead atoms. The number of nitro groups is 2. The second kappa shape index (κ2) is 8.31. The summed E-state index contributed by atoms with van der Waals surface area (Å²) in [6.07, 6.45) is 0. The number of nitrogens with one attached hydrogen (secondary N) is 2. The lowest BCUT2D eigenvalue weighted by Gasteiger charge is -2.12. The van der Waals surface area contributed by atoms with E-state index in [1.807, 2.05) is 0 Å². The van der Waals surface area contributed by atoms with Crippen LogP contribution in [0.1, 0.15) is 0 Å². The largest absolute Gasteiger partial charge is 0.521 e. The minimum atomic E-state index is -2.95. The first-order valence-corrected chi connectivity index (χ1v) is 6.68. The van der Waals surface area contributed by atoms with Gasteiger partial charge in [-0.1, -0.05) is 10.9 Å². The number of aliphatic hydroxyl groups is 4. The molecule has 150 valence electrons. The molecule has 19 nitrogen and oxygen atoms in total. The minimum absolute atomic E-state index is 0.619. The monoisotopic (exact) mass is 398 g/mol. The van der Waals surface area contributed by atoms with E-state index in [2.05, 4.69) is 14.9 Å². The van der Waals surface area contributed by atoms with Crippen LogP contribution < -0.4 is 10.9 Å². The van der Waals surface area contributed by atoms with Crippen LogP contribution in [0.3, 0.4) is 0 Å². The first-order chi connectivity index (χ1) is 12.6. The highest BCUT2D eigenvalue weighted by atomic mass is 16.7. The Morgan fingerprint density at radius 2 is 1.07 bits per heavy atom. The highest BCUT2D eigenvalue weighted by Crippen LogP contribution is 2.21. The highest BCUT2D eigenvalue weighted by molar-refractivity contribution is 5.54. The van der Waals surface area contributed by atoms with Crippen LogP contribution >= 0.6 is 0 Å². The Bertz CT molecular complexity index is 667. The van der Waals surface area contributed by atoms with Crippen molar-refractivity contribution in [3.05, 3.63) is 30.0 Å². The number of anilines is 2. The fourth-order valence-corrected chi connectivity index (χ4v) is 1.47. The van der Waals surface area contributed by atoms with E-state index in [0.29, 0.717) is 0 Å². The number of aromatic nitrogens is 2. The van der Waals surface area contributed by atoms with Gasteiger partial charge in [0.1, 0.15) is 9.85 Å². The topological polar surface area (TPSA) is 270 Å². The first-order valence-electron chi connectivity index (χ1n) is 6.68. The molecule has 0 saturated carbocycles. The Balaban J connectivity index is 3.11. The quantitative estimate of drug-likeness (QED) is 0.0852. The van der Waals surface area contributed by atoms with Crippen LogP contribution in [0.4, 0.5) is 11.6 Å². The Morgan fingerprint density at radius 1 is 0.778 bits per heavy atom. The zero-order valence-corrected chi connectivity index (χ0v) is 13.2. The van der Waals surface area contributed by atoms with Crippen molar-refractivity contribution in [1.29, 1.82) is 0 Å². The molecule has 0 atom stereocenters. The number of aliphatic hydroxyl groups excluding tert-OH is 4. The third-order valence-corrected chi connectivity index (χ3v) is 3.35. The summed E-state index contributed by atoms with van der Waals surface area (Å²) in [5.41, 5.74) is -2.58. The molecular weight excluding hydrogens is 384 g/mol. The molecule has 6 N–H and O–H groups in total. The van der Waals surface area contributed by atoms with Crippen molar-refractivity contribution >= 4 is 11.6 Å². The van der Waals surface area contributed by atoms with Crippen LogP contribution in [-0.2, 0) is 0 Å². The van der Waals surface area contributed by atoms with E-state index in [0.717, 1.165) is 0 Å². The maximum absolute atomic E-state index is 11.9. The highest BCUT2D eigenvalue weighted by Gasteiger charge is 2.61. The summed E-state index contributed by atoms with van der Waals surface area (Å²) in [5, 5.41) is 64.2. The van der Waals surface area contributed by atoms with Gasteiger partial charge in [0.2, 0.25) is 9.74 Å². The predicted molar refractivity (Wildman–Crippen MR) is 76.6 cm³/mol. The van der Waals surface area contributed by atoms with Crippen LogP contribution in [-0.4, -0.2) is 88.1 Å². The van der Waals surface area contributed by atoms with Gasteiger partial charge >= 0.3 is 11.3 Å². The normalized spacial score (nSPS) is 11.7. The summed E-state index contributed by atoms with van der Waals surface area (Å²) in [6, 6.07) is 0. The number of hydrogen-bond acceptors (Lipinski definition) is 13. The standard InChI is InChI=1S/C8H14N8O11/c17-1-7(2-18,15(23)24)13(21)9-5-6(12-27-11-5)10-14(22)8(3-19,4-20)16(25)26/h17-20H,1-4H2,(H,9,11,21)(H,10,12,22)/q+2. The van der Waals surface area contributed by atoms with Crippen LogP contribution in [0.5, 0.6) is 0 Å². The number of nitroso groups, excluding NO2 is 2. The number of hydrogen-bond donors (Lipinski definition) is 6. The third-order valence-electron chi connectivity index (χ3n) is 3.35. The number of hydrazine groups is 2. The molecule has 0 saturated heterocycles. The second-order valence-electron chi connectivity index (χ2n) is 4.89. The summed E-state index contributed by atoms with van der Waals surface area (Å²) in [6.45, 7) is -5.75. The minimum Gasteiger partial charge on any atom is -0.382 e. The van der Waals surface area contributed by atoms with E-state index in [4.69, 9.17) is 20.4 Å². The molecule has 1 heterocycles. The third kappa shape index (κ3) is 3.74. The van der Waals surface area contributed by atoms with Crippen LogP contribution in [0, 0.1) is 30.0 Å². The van der Waals surface area contributed by atoms with Gasteiger partial charge in [-0.25, -0.2) is 4.63 Å². The maximum Gasteiger partial charge on any atom is 0.521 e. The summed E-state index contributed by atoms with van der Waals surface area (Å²) in [5.74, 6) is -1.63. The Hall–Kier alpha value is -3.42. The maximum atomic E-state index is 11.9. The van der Waals surface area contributed by atoms with Gasteiger partial charge < -0.3 is 20.4 Å². The molecule has 0 amide bonds. The molecule has 0 radical (unpaired) electrons. The number of rotatable bonds is 12. The second-order valence-corrected chi connectivity index (χ2v) is 4.89. The van der Waals surface area contributed by atoms with Crippen LogP contribution in [0.15, 0.2) is 4.63 Å². The van der Waals surface area contributed by atoms with Gasteiger partial charge in [0.05, 0.1) is 9.81 Å². The summed E-state index contributed by atoms with van der Waals surface area (Å²) in [4.78, 5) is 41.9. The SMILES string of the molecule is O=[N+]([O-])C(CO)(CO)[N+](=O)Nc1nonc1N[N+](=O)C(CO)(CO)[N+](=O)[O-]. The van der Waals surface area contributed by atoms with Gasteiger partial charge in [-0.05, 0) is 10.3 Å². The molecule has 1 aromatic rings. The van der Waals surface area contributed by atoms with Crippen LogP contribution in [0.25, 0.3) is 0 Å². The summed E-state index contributed by atoms with van der Waals surface area (Å²) >= 11 is 0. The van der Waals surface area contributed by atoms with Gasteiger partial charge in [-0.2, -0.15) is 0 Å². The molecule has 0 fully saturated rings. The molecule has 0 spiro atoms. The Morgan fingerprint density at radius 3 is 1.30 bits per heavy atom. The number of nitrogens with zero attached hydrogens (tertiary/aromatic N) is 6. The Kier molecular flexibility index (Phi) is 6.65. The zero-order valence-electron chi connectivity index (χ0n) is 13.2. The van der Waals surface area contributed by atoms with E-state index >= 15 is 0 Å². The van der Waals surface area contributed by atoms with E-state index in [1.165, 1.54) is 0 Å². The molecule has 1 aromatic heterocycles. The summed E-state index contributed by atoms with van der Waals surface area (Å²) in [7, 11) is 0. The first kappa shape index (κ1) is 21.6. The van der Waals surface area contributed by atoms with E-state index < -0.39 is 69.0 Å². The van der Waals surface area contributed by atoms with Gasteiger partial charge in [0, 0.05) is 0 Å². The van der Waals surface area contributed by atoms with Gasteiger partial charge in [0.25, 0.3) is 11.6 Å².